The van der Waals surface area contributed by atoms with Gasteiger partial charge in [0, 0.05) is 18.7 Å². The van der Waals surface area contributed by atoms with E-state index in [2.05, 4.69) is 19.9 Å². The molecule has 18 heavy (non-hydrogen) atoms. The maximum Gasteiger partial charge on any atom is 0.110 e. The molecule has 1 aliphatic heterocycles. The highest BCUT2D eigenvalue weighted by Gasteiger charge is 2.22. The molecule has 0 bridgehead atoms. The number of fused-ring (bicyclic) bond motifs is 1. The summed E-state index contributed by atoms with van der Waals surface area (Å²) in [6, 6.07) is 1.94. The summed E-state index contributed by atoms with van der Waals surface area (Å²) in [4.78, 5) is 14.4. The maximum atomic E-state index is 8.93. The third-order valence-corrected chi connectivity index (χ3v) is 3.69. The van der Waals surface area contributed by atoms with Gasteiger partial charge >= 0.3 is 0 Å². The van der Waals surface area contributed by atoms with Crippen molar-refractivity contribution in [1.82, 2.24) is 19.9 Å². The molecule has 96 valence electrons. The third-order valence-electron chi connectivity index (χ3n) is 3.69. The zero-order chi connectivity index (χ0) is 12.4. The highest BCUT2D eigenvalue weighted by molar-refractivity contribution is 5.73. The molecule has 3 heterocycles. The first-order valence-electron chi connectivity index (χ1n) is 6.49. The molecule has 2 N–H and O–H groups in total. The van der Waals surface area contributed by atoms with E-state index in [4.69, 9.17) is 5.11 Å². The molecule has 2 aromatic heterocycles. The smallest absolute Gasteiger partial charge is 0.110 e. The number of nitrogens with zero attached hydrogens (tertiary/aromatic N) is 3. The fraction of sp³-hybridized carbons (Fsp3) is 0.538. The molecule has 0 aliphatic carbocycles. The van der Waals surface area contributed by atoms with E-state index in [9.17, 15) is 0 Å². The van der Waals surface area contributed by atoms with E-state index in [-0.39, 0.29) is 6.61 Å². The highest BCUT2D eigenvalue weighted by Crippen LogP contribution is 2.27. The number of hydrogen-bond donors (Lipinski definition) is 2. The van der Waals surface area contributed by atoms with Crippen LogP contribution in [0.2, 0.25) is 0 Å². The molecule has 0 atom stereocenters. The van der Waals surface area contributed by atoms with Crippen LogP contribution < -0.4 is 0 Å². The fourth-order valence-electron chi connectivity index (χ4n) is 2.64. The van der Waals surface area contributed by atoms with Gasteiger partial charge in [-0.2, -0.15) is 0 Å². The van der Waals surface area contributed by atoms with Gasteiger partial charge in [0.2, 0.25) is 0 Å². The van der Waals surface area contributed by atoms with E-state index >= 15 is 0 Å². The number of aromatic nitrogens is 3. The van der Waals surface area contributed by atoms with Gasteiger partial charge in [0.25, 0.3) is 0 Å². The number of hydrogen-bond acceptors (Lipinski definition) is 4. The van der Waals surface area contributed by atoms with Gasteiger partial charge in [-0.05, 0) is 32.0 Å². The number of aromatic amines is 1. The summed E-state index contributed by atoms with van der Waals surface area (Å²) in [7, 11) is 0. The number of H-pyrrole nitrogens is 1. The van der Waals surface area contributed by atoms with Gasteiger partial charge < -0.3 is 15.0 Å². The van der Waals surface area contributed by atoms with Crippen LogP contribution in [0.15, 0.2) is 18.5 Å². The van der Waals surface area contributed by atoms with Crippen LogP contribution in [0.25, 0.3) is 11.0 Å². The minimum absolute atomic E-state index is 0.251. The quantitative estimate of drug-likeness (QED) is 0.852. The summed E-state index contributed by atoms with van der Waals surface area (Å²) >= 11 is 0. The van der Waals surface area contributed by atoms with Crippen LogP contribution >= 0.6 is 0 Å². The Kier molecular flexibility index (Phi) is 3.25. The number of likely N-dealkylation sites (tertiary alicyclic amines) is 1. The Labute approximate surface area is 106 Å². The lowest BCUT2D eigenvalue weighted by Crippen LogP contribution is -2.35. The van der Waals surface area contributed by atoms with E-state index < -0.39 is 0 Å². The number of imidazole rings is 1. The second kappa shape index (κ2) is 5.04. The van der Waals surface area contributed by atoms with Crippen LogP contribution in [-0.2, 0) is 0 Å². The number of piperidine rings is 1. The lowest BCUT2D eigenvalue weighted by atomic mass is 9.96. The zero-order valence-corrected chi connectivity index (χ0v) is 10.3. The molecule has 5 heteroatoms. The minimum atomic E-state index is 0.251. The van der Waals surface area contributed by atoms with E-state index in [0.29, 0.717) is 5.92 Å². The van der Waals surface area contributed by atoms with E-state index in [1.807, 2.05) is 12.3 Å². The van der Waals surface area contributed by atoms with Crippen molar-refractivity contribution in [1.29, 1.82) is 0 Å². The Hall–Kier alpha value is -1.46. The second-order valence-electron chi connectivity index (χ2n) is 4.85. The van der Waals surface area contributed by atoms with Gasteiger partial charge in [-0.25, -0.2) is 4.98 Å². The molecule has 1 aliphatic rings. The number of pyridine rings is 1. The molecule has 0 saturated carbocycles. The van der Waals surface area contributed by atoms with Crippen LogP contribution in [0.4, 0.5) is 0 Å². The van der Waals surface area contributed by atoms with Crippen LogP contribution in [-0.4, -0.2) is 51.2 Å². The Bertz CT molecular complexity index is 483. The van der Waals surface area contributed by atoms with Crippen molar-refractivity contribution in [2.75, 3.05) is 26.2 Å². The molecule has 2 aromatic rings. The Morgan fingerprint density at radius 1 is 1.39 bits per heavy atom. The normalized spacial score (nSPS) is 18.5. The predicted molar refractivity (Wildman–Crippen MR) is 69.4 cm³/mol. The Balaban J connectivity index is 1.72. The summed E-state index contributed by atoms with van der Waals surface area (Å²) in [5, 5.41) is 8.93. The minimum Gasteiger partial charge on any atom is -0.395 e. The summed E-state index contributed by atoms with van der Waals surface area (Å²) in [5.74, 6) is 1.59. The first kappa shape index (κ1) is 11.6. The van der Waals surface area contributed by atoms with Gasteiger partial charge in [-0.3, -0.25) is 4.98 Å². The predicted octanol–water partition coefficient (Wildman–Crippen LogP) is 1.13. The number of aliphatic hydroxyl groups excluding tert-OH is 1. The van der Waals surface area contributed by atoms with E-state index in [1.54, 1.807) is 6.20 Å². The summed E-state index contributed by atoms with van der Waals surface area (Å²) in [6.07, 6.45) is 5.81. The molecule has 1 fully saturated rings. The van der Waals surface area contributed by atoms with Crippen molar-refractivity contribution in [2.24, 2.45) is 0 Å². The first-order chi connectivity index (χ1) is 8.86. The maximum absolute atomic E-state index is 8.93. The molecule has 0 unspecified atom stereocenters. The Morgan fingerprint density at radius 3 is 2.94 bits per heavy atom. The van der Waals surface area contributed by atoms with Gasteiger partial charge in [0.1, 0.15) is 5.82 Å². The van der Waals surface area contributed by atoms with Gasteiger partial charge in [-0.15, -0.1) is 0 Å². The highest BCUT2D eigenvalue weighted by atomic mass is 16.3. The molecule has 1 saturated heterocycles. The van der Waals surface area contributed by atoms with Gasteiger partial charge in [0.05, 0.1) is 23.8 Å². The van der Waals surface area contributed by atoms with Gasteiger partial charge in [-0.1, -0.05) is 0 Å². The van der Waals surface area contributed by atoms with Crippen molar-refractivity contribution < 1.29 is 5.11 Å². The largest absolute Gasteiger partial charge is 0.395 e. The van der Waals surface area contributed by atoms with Crippen LogP contribution in [0.3, 0.4) is 0 Å². The standard InChI is InChI=1S/C13H18N4O/c18-8-7-17-5-2-10(3-6-17)13-15-11-1-4-14-9-12(11)16-13/h1,4,9-10,18H,2-3,5-8H2,(H,15,16). The Morgan fingerprint density at radius 2 is 2.22 bits per heavy atom. The van der Waals surface area contributed by atoms with Crippen molar-refractivity contribution >= 4 is 11.0 Å². The number of β-amino-alcohol motifs (C(OH)–C–C–N with tert-alkyl or cyclic N) is 1. The number of nitrogens with one attached hydrogen (secondary N) is 1. The molecule has 0 aromatic carbocycles. The van der Waals surface area contributed by atoms with Gasteiger partial charge in [0.15, 0.2) is 0 Å². The monoisotopic (exact) mass is 246 g/mol. The summed E-state index contributed by atoms with van der Waals surface area (Å²) in [6.45, 7) is 3.12. The first-order valence-corrected chi connectivity index (χ1v) is 6.49. The molecule has 0 spiro atoms. The van der Waals surface area contributed by atoms with Crippen molar-refractivity contribution in [3.05, 3.63) is 24.3 Å². The van der Waals surface area contributed by atoms with Crippen LogP contribution in [0, 0.1) is 0 Å². The molecular weight excluding hydrogens is 228 g/mol. The van der Waals surface area contributed by atoms with Crippen molar-refractivity contribution in [2.45, 2.75) is 18.8 Å². The van der Waals surface area contributed by atoms with E-state index in [0.717, 1.165) is 49.3 Å². The molecule has 3 rings (SSSR count). The van der Waals surface area contributed by atoms with E-state index in [1.165, 1.54) is 0 Å². The zero-order valence-electron chi connectivity index (χ0n) is 10.3. The lowest BCUT2D eigenvalue weighted by Gasteiger charge is -2.30. The molecule has 0 amide bonds. The topological polar surface area (TPSA) is 65.0 Å². The van der Waals surface area contributed by atoms with Crippen molar-refractivity contribution in [3.8, 4) is 0 Å². The van der Waals surface area contributed by atoms with Crippen LogP contribution in [0.1, 0.15) is 24.6 Å². The molecular formula is C13H18N4O. The lowest BCUT2D eigenvalue weighted by molar-refractivity contribution is 0.163. The third kappa shape index (κ3) is 2.23. The van der Waals surface area contributed by atoms with Crippen molar-refractivity contribution in [3.63, 3.8) is 0 Å². The molecule has 5 nitrogen and oxygen atoms in total. The second-order valence-corrected chi connectivity index (χ2v) is 4.85. The number of rotatable bonds is 3. The van der Waals surface area contributed by atoms with Crippen LogP contribution in [0.5, 0.6) is 0 Å². The molecule has 0 radical (unpaired) electrons. The average Bonchev–Trinajstić information content (AvgIpc) is 2.84. The fourth-order valence-corrected chi connectivity index (χ4v) is 2.64. The summed E-state index contributed by atoms with van der Waals surface area (Å²) < 4.78 is 0. The number of aliphatic hydroxyl groups is 1. The average molecular weight is 246 g/mol. The SMILES string of the molecule is OCCN1CCC(c2nc3ccncc3[nH]2)CC1. The summed E-state index contributed by atoms with van der Waals surface area (Å²) in [5.41, 5.74) is 2.02.